The zero-order chi connectivity index (χ0) is 15.1. The van der Waals surface area contributed by atoms with Crippen molar-refractivity contribution in [3.8, 4) is 0 Å². The minimum atomic E-state index is -0.402. The van der Waals surface area contributed by atoms with Crippen molar-refractivity contribution in [2.45, 2.75) is 39.8 Å². The Morgan fingerprint density at radius 2 is 1.70 bits per heavy atom. The van der Waals surface area contributed by atoms with E-state index in [-0.39, 0.29) is 24.4 Å². The molecule has 5 nitrogen and oxygen atoms in total. The SMILES string of the molecule is Cc1ccc(NC(=O)CNC(C)C(=O)NC(C)C)cc1. The molecule has 0 radical (unpaired) electrons. The molecule has 1 unspecified atom stereocenters. The van der Waals surface area contributed by atoms with Gasteiger partial charge in [-0.05, 0) is 39.8 Å². The molecule has 0 saturated heterocycles. The van der Waals surface area contributed by atoms with Crippen molar-refractivity contribution in [1.82, 2.24) is 10.6 Å². The second-order valence-corrected chi connectivity index (χ2v) is 5.18. The molecule has 0 heterocycles. The van der Waals surface area contributed by atoms with Crippen LogP contribution in [0.2, 0.25) is 0 Å². The van der Waals surface area contributed by atoms with Gasteiger partial charge < -0.3 is 10.6 Å². The number of hydrogen-bond acceptors (Lipinski definition) is 3. The highest BCUT2D eigenvalue weighted by Crippen LogP contribution is 2.07. The zero-order valence-electron chi connectivity index (χ0n) is 12.5. The lowest BCUT2D eigenvalue weighted by molar-refractivity contribution is -0.123. The van der Waals surface area contributed by atoms with Gasteiger partial charge in [-0.3, -0.25) is 14.9 Å². The average molecular weight is 277 g/mol. The Labute approximate surface area is 120 Å². The molecule has 1 rings (SSSR count). The molecule has 20 heavy (non-hydrogen) atoms. The average Bonchev–Trinajstić information content (AvgIpc) is 2.38. The number of carbonyl (C=O) groups is 2. The first-order valence-corrected chi connectivity index (χ1v) is 6.78. The van der Waals surface area contributed by atoms with Gasteiger partial charge in [0.05, 0.1) is 12.6 Å². The van der Waals surface area contributed by atoms with Gasteiger partial charge in [0.2, 0.25) is 11.8 Å². The van der Waals surface area contributed by atoms with Crippen molar-refractivity contribution in [3.63, 3.8) is 0 Å². The van der Waals surface area contributed by atoms with Gasteiger partial charge >= 0.3 is 0 Å². The summed E-state index contributed by atoms with van der Waals surface area (Å²) in [5, 5.41) is 8.46. The van der Waals surface area contributed by atoms with E-state index in [1.165, 1.54) is 0 Å². The fraction of sp³-hybridized carbons (Fsp3) is 0.467. The minimum Gasteiger partial charge on any atom is -0.353 e. The summed E-state index contributed by atoms with van der Waals surface area (Å²) in [6.07, 6.45) is 0. The number of nitrogens with one attached hydrogen (secondary N) is 3. The van der Waals surface area contributed by atoms with E-state index in [0.29, 0.717) is 0 Å². The van der Waals surface area contributed by atoms with Crippen LogP contribution in [0.1, 0.15) is 26.3 Å². The molecule has 0 bridgehead atoms. The molecule has 1 aromatic carbocycles. The quantitative estimate of drug-likeness (QED) is 0.737. The van der Waals surface area contributed by atoms with E-state index in [1.54, 1.807) is 6.92 Å². The molecule has 2 amide bonds. The van der Waals surface area contributed by atoms with Crippen LogP contribution in [0.15, 0.2) is 24.3 Å². The molecule has 0 aliphatic rings. The first-order valence-electron chi connectivity index (χ1n) is 6.78. The van der Waals surface area contributed by atoms with Gasteiger partial charge in [-0.15, -0.1) is 0 Å². The van der Waals surface area contributed by atoms with Gasteiger partial charge in [-0.1, -0.05) is 17.7 Å². The molecule has 5 heteroatoms. The van der Waals surface area contributed by atoms with E-state index in [4.69, 9.17) is 0 Å². The van der Waals surface area contributed by atoms with Crippen LogP contribution in [0.5, 0.6) is 0 Å². The number of benzene rings is 1. The van der Waals surface area contributed by atoms with Crippen LogP contribution in [-0.4, -0.2) is 30.4 Å². The standard InChI is InChI=1S/C15H23N3O2/c1-10(2)17-15(20)12(4)16-9-14(19)18-13-7-5-11(3)6-8-13/h5-8,10,12,16H,9H2,1-4H3,(H,17,20)(H,18,19). The number of anilines is 1. The lowest BCUT2D eigenvalue weighted by Gasteiger charge is -2.15. The molecule has 0 aromatic heterocycles. The van der Waals surface area contributed by atoms with E-state index in [9.17, 15) is 9.59 Å². The maximum atomic E-state index is 11.7. The Morgan fingerprint density at radius 1 is 1.10 bits per heavy atom. The van der Waals surface area contributed by atoms with Crippen LogP contribution < -0.4 is 16.0 Å². The second-order valence-electron chi connectivity index (χ2n) is 5.18. The van der Waals surface area contributed by atoms with Crippen LogP contribution in [-0.2, 0) is 9.59 Å². The van der Waals surface area contributed by atoms with Crippen molar-refractivity contribution in [2.24, 2.45) is 0 Å². The van der Waals surface area contributed by atoms with Crippen LogP contribution in [0.3, 0.4) is 0 Å². The third-order valence-corrected chi connectivity index (χ3v) is 2.73. The van der Waals surface area contributed by atoms with Crippen LogP contribution in [0, 0.1) is 6.92 Å². The number of hydrogen-bond donors (Lipinski definition) is 3. The molecule has 0 fully saturated rings. The summed E-state index contributed by atoms with van der Waals surface area (Å²) in [7, 11) is 0. The molecule has 0 saturated carbocycles. The highest BCUT2D eigenvalue weighted by atomic mass is 16.2. The van der Waals surface area contributed by atoms with E-state index >= 15 is 0 Å². The lowest BCUT2D eigenvalue weighted by atomic mass is 10.2. The smallest absolute Gasteiger partial charge is 0.238 e. The zero-order valence-corrected chi connectivity index (χ0v) is 12.5. The molecule has 110 valence electrons. The molecule has 1 aromatic rings. The third kappa shape index (κ3) is 5.84. The predicted octanol–water partition coefficient (Wildman–Crippen LogP) is 1.44. The van der Waals surface area contributed by atoms with Gasteiger partial charge in [0, 0.05) is 11.7 Å². The van der Waals surface area contributed by atoms with Gasteiger partial charge in [0.25, 0.3) is 0 Å². The van der Waals surface area contributed by atoms with Gasteiger partial charge in [-0.2, -0.15) is 0 Å². The summed E-state index contributed by atoms with van der Waals surface area (Å²) in [4.78, 5) is 23.4. The third-order valence-electron chi connectivity index (χ3n) is 2.73. The molecular formula is C15H23N3O2. The van der Waals surface area contributed by atoms with Gasteiger partial charge in [-0.25, -0.2) is 0 Å². The fourth-order valence-electron chi connectivity index (χ4n) is 1.59. The summed E-state index contributed by atoms with van der Waals surface area (Å²) in [6, 6.07) is 7.25. The molecular weight excluding hydrogens is 254 g/mol. The fourth-order valence-corrected chi connectivity index (χ4v) is 1.59. The number of amides is 2. The summed E-state index contributed by atoms with van der Waals surface area (Å²) in [5.41, 5.74) is 1.89. The summed E-state index contributed by atoms with van der Waals surface area (Å²) in [6.45, 7) is 7.61. The molecule has 1 atom stereocenters. The summed E-state index contributed by atoms with van der Waals surface area (Å²) >= 11 is 0. The van der Waals surface area contributed by atoms with E-state index in [2.05, 4.69) is 16.0 Å². The van der Waals surface area contributed by atoms with E-state index < -0.39 is 6.04 Å². The highest BCUT2D eigenvalue weighted by molar-refractivity contribution is 5.92. The normalized spacial score (nSPS) is 12.1. The van der Waals surface area contributed by atoms with Crippen LogP contribution in [0.4, 0.5) is 5.69 Å². The van der Waals surface area contributed by atoms with Crippen molar-refractivity contribution in [3.05, 3.63) is 29.8 Å². The van der Waals surface area contributed by atoms with Crippen molar-refractivity contribution in [2.75, 3.05) is 11.9 Å². The summed E-state index contributed by atoms with van der Waals surface area (Å²) in [5.74, 6) is -0.277. The predicted molar refractivity (Wildman–Crippen MR) is 80.6 cm³/mol. The van der Waals surface area contributed by atoms with Crippen LogP contribution in [0.25, 0.3) is 0 Å². The second kappa shape index (κ2) is 7.65. The Bertz CT molecular complexity index is 455. The highest BCUT2D eigenvalue weighted by Gasteiger charge is 2.14. The molecule has 0 spiro atoms. The monoisotopic (exact) mass is 277 g/mol. The Balaban J connectivity index is 2.36. The van der Waals surface area contributed by atoms with E-state index in [1.807, 2.05) is 45.0 Å². The van der Waals surface area contributed by atoms with Gasteiger partial charge in [0.1, 0.15) is 0 Å². The Morgan fingerprint density at radius 3 is 2.25 bits per heavy atom. The topological polar surface area (TPSA) is 70.2 Å². The number of carbonyl (C=O) groups excluding carboxylic acids is 2. The summed E-state index contributed by atoms with van der Waals surface area (Å²) < 4.78 is 0. The molecule has 0 aliphatic carbocycles. The maximum Gasteiger partial charge on any atom is 0.238 e. The van der Waals surface area contributed by atoms with Crippen molar-refractivity contribution < 1.29 is 9.59 Å². The number of rotatable bonds is 6. The largest absolute Gasteiger partial charge is 0.353 e. The van der Waals surface area contributed by atoms with Crippen molar-refractivity contribution >= 4 is 17.5 Å². The van der Waals surface area contributed by atoms with Crippen molar-refractivity contribution in [1.29, 1.82) is 0 Å². The Kier molecular flexibility index (Phi) is 6.18. The maximum absolute atomic E-state index is 11.7. The number of aryl methyl sites for hydroxylation is 1. The Hall–Kier alpha value is -1.88. The van der Waals surface area contributed by atoms with Crippen LogP contribution >= 0.6 is 0 Å². The first-order chi connectivity index (χ1) is 9.38. The first kappa shape index (κ1) is 16.2. The van der Waals surface area contributed by atoms with Gasteiger partial charge in [0.15, 0.2) is 0 Å². The molecule has 0 aliphatic heterocycles. The molecule has 3 N–H and O–H groups in total. The minimum absolute atomic E-state index is 0.0909. The lowest BCUT2D eigenvalue weighted by Crippen LogP contribution is -2.46. The van der Waals surface area contributed by atoms with E-state index in [0.717, 1.165) is 11.3 Å².